The second-order valence-electron chi connectivity index (χ2n) is 6.01. The fourth-order valence-electron chi connectivity index (χ4n) is 2.79. The number of hydrogen-bond donors (Lipinski definition) is 1. The van der Waals surface area contributed by atoms with E-state index in [2.05, 4.69) is 12.2 Å². The van der Waals surface area contributed by atoms with Gasteiger partial charge in [0, 0.05) is 25.2 Å². The summed E-state index contributed by atoms with van der Waals surface area (Å²) in [5.74, 6) is 0.522. The molecule has 2 rings (SSSR count). The molecule has 1 atom stereocenters. The standard InChI is InChI=1S/C16H23ClFNO/c1-16(13-3-4-13,11-19-7-8-20-2)10-12-9-14(17)5-6-15(12)18/h5-6,9,13,19H,3-4,7-8,10-11H2,1-2H3. The van der Waals surface area contributed by atoms with Gasteiger partial charge in [-0.25, -0.2) is 4.39 Å². The highest BCUT2D eigenvalue weighted by molar-refractivity contribution is 6.30. The summed E-state index contributed by atoms with van der Waals surface area (Å²) >= 11 is 5.99. The van der Waals surface area contributed by atoms with E-state index in [1.165, 1.54) is 18.9 Å². The molecule has 0 bridgehead atoms. The maximum Gasteiger partial charge on any atom is 0.126 e. The van der Waals surface area contributed by atoms with Crippen molar-refractivity contribution in [1.82, 2.24) is 5.32 Å². The number of halogens is 2. The van der Waals surface area contributed by atoms with Crippen LogP contribution in [0.4, 0.5) is 4.39 Å². The zero-order valence-corrected chi connectivity index (χ0v) is 13.0. The number of hydrogen-bond acceptors (Lipinski definition) is 2. The van der Waals surface area contributed by atoms with E-state index in [1.54, 1.807) is 19.2 Å². The lowest BCUT2D eigenvalue weighted by Gasteiger charge is -2.30. The Kier molecular flexibility index (Phi) is 5.42. The van der Waals surface area contributed by atoms with Crippen molar-refractivity contribution < 1.29 is 9.13 Å². The lowest BCUT2D eigenvalue weighted by molar-refractivity contribution is 0.187. The maximum atomic E-state index is 13.9. The van der Waals surface area contributed by atoms with Gasteiger partial charge in [-0.1, -0.05) is 18.5 Å². The Bertz CT molecular complexity index is 450. The van der Waals surface area contributed by atoms with Crippen LogP contribution < -0.4 is 5.32 Å². The first-order valence-corrected chi connectivity index (χ1v) is 7.56. The molecule has 1 aromatic rings. The van der Waals surface area contributed by atoms with Gasteiger partial charge in [0.05, 0.1) is 6.61 Å². The highest BCUT2D eigenvalue weighted by atomic mass is 35.5. The monoisotopic (exact) mass is 299 g/mol. The van der Waals surface area contributed by atoms with Crippen molar-refractivity contribution in [2.45, 2.75) is 26.2 Å². The quantitative estimate of drug-likeness (QED) is 0.740. The van der Waals surface area contributed by atoms with Crippen molar-refractivity contribution in [2.75, 3.05) is 26.8 Å². The molecule has 0 aromatic heterocycles. The van der Waals surface area contributed by atoms with Gasteiger partial charge in [0.15, 0.2) is 0 Å². The average molecular weight is 300 g/mol. The minimum Gasteiger partial charge on any atom is -0.383 e. The van der Waals surface area contributed by atoms with Crippen LogP contribution in [-0.4, -0.2) is 26.8 Å². The first-order valence-electron chi connectivity index (χ1n) is 7.19. The van der Waals surface area contributed by atoms with E-state index in [9.17, 15) is 4.39 Å². The molecule has 0 saturated heterocycles. The minimum absolute atomic E-state index is 0.0826. The molecule has 0 heterocycles. The Hall–Kier alpha value is -0.640. The molecule has 2 nitrogen and oxygen atoms in total. The fourth-order valence-corrected chi connectivity index (χ4v) is 2.99. The van der Waals surface area contributed by atoms with Gasteiger partial charge in [0.2, 0.25) is 0 Å². The van der Waals surface area contributed by atoms with Crippen LogP contribution >= 0.6 is 11.6 Å². The molecule has 1 aliphatic carbocycles. The van der Waals surface area contributed by atoms with Gasteiger partial charge in [-0.3, -0.25) is 0 Å². The number of rotatable bonds is 8. The van der Waals surface area contributed by atoms with Crippen LogP contribution in [0.3, 0.4) is 0 Å². The molecule has 1 aliphatic rings. The van der Waals surface area contributed by atoms with Crippen molar-refractivity contribution >= 4 is 11.6 Å². The van der Waals surface area contributed by atoms with E-state index in [1.807, 2.05) is 0 Å². The number of nitrogens with one attached hydrogen (secondary N) is 1. The van der Waals surface area contributed by atoms with Crippen molar-refractivity contribution in [3.05, 3.63) is 34.6 Å². The van der Waals surface area contributed by atoms with E-state index in [0.29, 0.717) is 17.5 Å². The lowest BCUT2D eigenvalue weighted by Crippen LogP contribution is -2.37. The zero-order valence-electron chi connectivity index (χ0n) is 12.2. The van der Waals surface area contributed by atoms with Gasteiger partial charge in [-0.2, -0.15) is 0 Å². The third-order valence-corrected chi connectivity index (χ3v) is 4.41. The average Bonchev–Trinajstić information content (AvgIpc) is 3.24. The zero-order chi connectivity index (χ0) is 14.6. The van der Waals surface area contributed by atoms with Gasteiger partial charge in [0.25, 0.3) is 0 Å². The second kappa shape index (κ2) is 6.88. The van der Waals surface area contributed by atoms with Gasteiger partial charge in [-0.05, 0) is 54.4 Å². The predicted octanol–water partition coefficient (Wildman–Crippen LogP) is 3.67. The Morgan fingerprint density at radius 2 is 2.20 bits per heavy atom. The Labute approximate surface area is 125 Å². The van der Waals surface area contributed by atoms with Crippen LogP contribution in [0.15, 0.2) is 18.2 Å². The first-order chi connectivity index (χ1) is 9.55. The number of benzene rings is 1. The third-order valence-electron chi connectivity index (χ3n) is 4.18. The van der Waals surface area contributed by atoms with Crippen molar-refractivity contribution in [3.63, 3.8) is 0 Å². The molecular weight excluding hydrogens is 277 g/mol. The molecule has 0 radical (unpaired) electrons. The molecule has 1 unspecified atom stereocenters. The minimum atomic E-state index is -0.154. The summed E-state index contributed by atoms with van der Waals surface area (Å²) in [4.78, 5) is 0. The molecular formula is C16H23ClFNO. The molecule has 0 aliphatic heterocycles. The Morgan fingerprint density at radius 3 is 2.85 bits per heavy atom. The van der Waals surface area contributed by atoms with Gasteiger partial charge >= 0.3 is 0 Å². The smallest absolute Gasteiger partial charge is 0.126 e. The maximum absolute atomic E-state index is 13.9. The van der Waals surface area contributed by atoms with Crippen molar-refractivity contribution in [2.24, 2.45) is 11.3 Å². The Balaban J connectivity index is 2.02. The molecule has 0 amide bonds. The summed E-state index contributed by atoms with van der Waals surface area (Å²) < 4.78 is 19.0. The molecule has 20 heavy (non-hydrogen) atoms. The van der Waals surface area contributed by atoms with Gasteiger partial charge < -0.3 is 10.1 Å². The SMILES string of the molecule is COCCNCC(C)(Cc1cc(Cl)ccc1F)C1CC1. The molecule has 1 N–H and O–H groups in total. The van der Waals surface area contributed by atoms with Crippen LogP contribution in [0.2, 0.25) is 5.02 Å². The molecule has 112 valence electrons. The molecule has 1 aromatic carbocycles. The van der Waals surface area contributed by atoms with E-state index < -0.39 is 0 Å². The van der Waals surface area contributed by atoms with E-state index >= 15 is 0 Å². The number of methoxy groups -OCH3 is 1. The first kappa shape index (κ1) is 15.7. The summed E-state index contributed by atoms with van der Waals surface area (Å²) in [6, 6.07) is 4.82. The lowest BCUT2D eigenvalue weighted by atomic mass is 9.78. The third kappa shape index (κ3) is 4.18. The van der Waals surface area contributed by atoms with Crippen LogP contribution in [-0.2, 0) is 11.2 Å². The predicted molar refractivity (Wildman–Crippen MR) is 80.7 cm³/mol. The largest absolute Gasteiger partial charge is 0.383 e. The summed E-state index contributed by atoms with van der Waals surface area (Å²) in [5.41, 5.74) is 0.805. The molecule has 4 heteroatoms. The van der Waals surface area contributed by atoms with Crippen LogP contribution in [0.25, 0.3) is 0 Å². The van der Waals surface area contributed by atoms with Gasteiger partial charge in [-0.15, -0.1) is 0 Å². The summed E-state index contributed by atoms with van der Waals surface area (Å²) in [7, 11) is 1.70. The van der Waals surface area contributed by atoms with Crippen LogP contribution in [0.1, 0.15) is 25.3 Å². The molecule has 0 spiro atoms. The van der Waals surface area contributed by atoms with E-state index in [4.69, 9.17) is 16.3 Å². The topological polar surface area (TPSA) is 21.3 Å². The van der Waals surface area contributed by atoms with Crippen LogP contribution in [0.5, 0.6) is 0 Å². The molecule has 1 saturated carbocycles. The molecule has 1 fully saturated rings. The van der Waals surface area contributed by atoms with E-state index in [0.717, 1.165) is 25.1 Å². The summed E-state index contributed by atoms with van der Waals surface area (Å²) in [5, 5.41) is 4.03. The second-order valence-corrected chi connectivity index (χ2v) is 6.45. The highest BCUT2D eigenvalue weighted by Gasteiger charge is 2.41. The van der Waals surface area contributed by atoms with Crippen molar-refractivity contribution in [1.29, 1.82) is 0 Å². The number of ether oxygens (including phenoxy) is 1. The fraction of sp³-hybridized carbons (Fsp3) is 0.625. The van der Waals surface area contributed by atoms with Crippen LogP contribution in [0, 0.1) is 17.2 Å². The summed E-state index contributed by atoms with van der Waals surface area (Å²) in [6.45, 7) is 4.65. The highest BCUT2D eigenvalue weighted by Crippen LogP contribution is 2.47. The summed E-state index contributed by atoms with van der Waals surface area (Å²) in [6.07, 6.45) is 3.21. The van der Waals surface area contributed by atoms with Crippen molar-refractivity contribution in [3.8, 4) is 0 Å². The van der Waals surface area contributed by atoms with Gasteiger partial charge in [0.1, 0.15) is 5.82 Å². The Morgan fingerprint density at radius 1 is 1.45 bits per heavy atom. The van der Waals surface area contributed by atoms with E-state index in [-0.39, 0.29) is 11.2 Å². The normalized spacial score (nSPS) is 18.0.